The number of carboxylic acid groups (broad SMARTS) is 1. The normalized spacial score (nSPS) is 16.1. The maximum Gasteiger partial charge on any atom is 0.419 e. The number of amides is 2. The maximum atomic E-state index is 14.4. The summed E-state index contributed by atoms with van der Waals surface area (Å²) in [5, 5.41) is 11.8. The fourth-order valence-electron chi connectivity index (χ4n) is 3.56. The van der Waals surface area contributed by atoms with Crippen LogP contribution in [-0.4, -0.2) is 47.6 Å². The van der Waals surface area contributed by atoms with Crippen molar-refractivity contribution in [3.63, 3.8) is 0 Å². The molecule has 200 valence electrons. The number of anilines is 1. The molecule has 1 atom stereocenters. The summed E-state index contributed by atoms with van der Waals surface area (Å²) >= 11 is 0.978. The van der Waals surface area contributed by atoms with Crippen molar-refractivity contribution in [3.05, 3.63) is 52.8 Å². The highest BCUT2D eigenvalue weighted by Gasteiger charge is 2.37. The summed E-state index contributed by atoms with van der Waals surface area (Å²) in [6.45, 7) is 4.43. The lowest BCUT2D eigenvalue weighted by Crippen LogP contribution is -2.50. The number of carboxylic acids is 1. The van der Waals surface area contributed by atoms with Crippen LogP contribution >= 0.6 is 11.8 Å². The number of rotatable bonds is 5. The van der Waals surface area contributed by atoms with Gasteiger partial charge in [0.1, 0.15) is 23.2 Å². The first-order valence-corrected chi connectivity index (χ1v) is 11.8. The molecule has 0 radical (unpaired) electrons. The third-order valence-electron chi connectivity index (χ3n) is 5.14. The number of halogens is 4. The second-order valence-electron chi connectivity index (χ2n) is 9.07. The van der Waals surface area contributed by atoms with Gasteiger partial charge in [-0.2, -0.15) is 13.2 Å². The number of alkyl carbamates (subject to hydrolysis) is 1. The van der Waals surface area contributed by atoms with Gasteiger partial charge in [-0.3, -0.25) is 4.79 Å². The number of thioether (sulfide) groups is 1. The molecule has 0 saturated heterocycles. The van der Waals surface area contributed by atoms with E-state index in [1.165, 1.54) is 6.07 Å². The van der Waals surface area contributed by atoms with Gasteiger partial charge in [0.2, 0.25) is 0 Å². The summed E-state index contributed by atoms with van der Waals surface area (Å²) in [6.07, 6.45) is -5.66. The molecule has 2 aromatic rings. The van der Waals surface area contributed by atoms with Crippen LogP contribution in [0.25, 0.3) is 0 Å². The first-order valence-electron chi connectivity index (χ1n) is 10.9. The third-order valence-corrected chi connectivity index (χ3v) is 6.28. The molecule has 0 bridgehead atoms. The molecular formula is C24H24F4N2O6S. The number of fused-ring (bicyclic) bond motifs is 1. The van der Waals surface area contributed by atoms with E-state index in [0.717, 1.165) is 48.0 Å². The van der Waals surface area contributed by atoms with Crippen LogP contribution in [0.1, 0.15) is 42.3 Å². The Hall–Kier alpha value is -3.48. The minimum absolute atomic E-state index is 0.0216. The Morgan fingerprint density at radius 2 is 1.86 bits per heavy atom. The summed E-state index contributed by atoms with van der Waals surface area (Å²) in [7, 11) is 1.09. The first kappa shape index (κ1) is 28.1. The van der Waals surface area contributed by atoms with Gasteiger partial charge in [0.05, 0.1) is 30.5 Å². The Kier molecular flexibility index (Phi) is 7.96. The fourth-order valence-corrected chi connectivity index (χ4v) is 4.64. The average molecular weight is 545 g/mol. The van der Waals surface area contributed by atoms with E-state index < -0.39 is 65.0 Å². The molecule has 2 aromatic carbocycles. The molecule has 37 heavy (non-hydrogen) atoms. The molecular weight excluding hydrogens is 520 g/mol. The van der Waals surface area contributed by atoms with Crippen LogP contribution in [0, 0.1) is 5.82 Å². The molecule has 0 saturated carbocycles. The van der Waals surface area contributed by atoms with Crippen LogP contribution < -0.4 is 15.0 Å². The van der Waals surface area contributed by atoms with E-state index >= 15 is 0 Å². The number of hydrogen-bond acceptors (Lipinski definition) is 6. The molecule has 1 heterocycles. The van der Waals surface area contributed by atoms with Crippen LogP contribution in [0.4, 0.5) is 28.0 Å². The van der Waals surface area contributed by atoms with E-state index in [4.69, 9.17) is 9.47 Å². The molecule has 0 unspecified atom stereocenters. The molecule has 1 aliphatic rings. The number of alkyl halides is 3. The largest absolute Gasteiger partial charge is 0.496 e. The van der Waals surface area contributed by atoms with E-state index in [1.54, 1.807) is 20.8 Å². The lowest BCUT2D eigenvalue weighted by Gasteiger charge is -2.27. The minimum atomic E-state index is -4.75. The topological polar surface area (TPSA) is 105 Å². The molecule has 2 N–H and O–H groups in total. The van der Waals surface area contributed by atoms with E-state index in [-0.39, 0.29) is 21.9 Å². The number of nitrogens with zero attached hydrogens (tertiary/aromatic N) is 1. The maximum absolute atomic E-state index is 14.4. The summed E-state index contributed by atoms with van der Waals surface area (Å²) in [5.74, 6) is -3.87. The van der Waals surface area contributed by atoms with Crippen molar-refractivity contribution in [2.24, 2.45) is 0 Å². The Bertz CT molecular complexity index is 1230. The van der Waals surface area contributed by atoms with Crippen molar-refractivity contribution in [1.29, 1.82) is 0 Å². The Morgan fingerprint density at radius 3 is 2.43 bits per heavy atom. The van der Waals surface area contributed by atoms with Crippen molar-refractivity contribution in [2.75, 3.05) is 17.8 Å². The molecule has 0 aliphatic carbocycles. The van der Waals surface area contributed by atoms with Gasteiger partial charge in [0.25, 0.3) is 5.91 Å². The number of methoxy groups -OCH3 is 1. The molecule has 0 spiro atoms. The quantitative estimate of drug-likeness (QED) is 0.506. The number of aromatic carboxylic acids is 1. The van der Waals surface area contributed by atoms with Gasteiger partial charge in [-0.15, -0.1) is 11.8 Å². The zero-order valence-corrected chi connectivity index (χ0v) is 21.1. The number of carbonyl (C=O) groups excluding carboxylic acids is 2. The van der Waals surface area contributed by atoms with Crippen LogP contribution in [-0.2, 0) is 22.3 Å². The summed E-state index contributed by atoms with van der Waals surface area (Å²) < 4.78 is 65.2. The molecule has 13 heteroatoms. The second-order valence-corrected chi connectivity index (χ2v) is 10.1. The van der Waals surface area contributed by atoms with Gasteiger partial charge in [0, 0.05) is 10.6 Å². The molecule has 0 fully saturated rings. The van der Waals surface area contributed by atoms with E-state index in [9.17, 15) is 37.1 Å². The summed E-state index contributed by atoms with van der Waals surface area (Å²) in [6, 6.07) is 3.90. The van der Waals surface area contributed by atoms with Crippen LogP contribution in [0.15, 0.2) is 35.2 Å². The number of ether oxygens (including phenoxy) is 2. The fraction of sp³-hybridized carbons (Fsp3) is 0.375. The Morgan fingerprint density at radius 1 is 1.19 bits per heavy atom. The number of nitrogens with one attached hydrogen (secondary N) is 1. The van der Waals surface area contributed by atoms with Gasteiger partial charge in [-0.1, -0.05) is 6.07 Å². The van der Waals surface area contributed by atoms with Gasteiger partial charge < -0.3 is 24.8 Å². The number of benzene rings is 2. The Labute approximate surface area is 213 Å². The predicted octanol–water partition coefficient (Wildman–Crippen LogP) is 5.08. The van der Waals surface area contributed by atoms with Crippen LogP contribution in [0.3, 0.4) is 0 Å². The molecule has 2 amide bonds. The van der Waals surface area contributed by atoms with E-state index in [0.29, 0.717) is 0 Å². The molecule has 1 aliphatic heterocycles. The van der Waals surface area contributed by atoms with Crippen molar-refractivity contribution in [3.8, 4) is 5.75 Å². The van der Waals surface area contributed by atoms with Crippen LogP contribution in [0.5, 0.6) is 5.75 Å². The molecule has 3 rings (SSSR count). The SMILES string of the molecule is COc1ccc(CN2C(=O)[C@@H](NC(=O)OC(C)(C)C)CSc3cc(F)c(C(=O)O)cc32)cc1C(F)(F)F. The standard InChI is InChI=1S/C24H24F4N2O6S/c1-23(2,3)36-22(34)29-16-11-37-19-9-15(25)13(21(32)33)8-17(19)30(20(16)31)10-12-5-6-18(35-4)14(7-12)24(26,27)28/h5-9,16H,10-11H2,1-4H3,(H,29,34)(H,32,33)/t16-/m0/s1. The average Bonchev–Trinajstić information content (AvgIpc) is 2.88. The highest BCUT2D eigenvalue weighted by molar-refractivity contribution is 7.99. The van der Waals surface area contributed by atoms with Gasteiger partial charge in [-0.05, 0) is 50.6 Å². The monoisotopic (exact) mass is 544 g/mol. The van der Waals surface area contributed by atoms with Crippen molar-refractivity contribution >= 4 is 35.4 Å². The smallest absolute Gasteiger partial charge is 0.419 e. The summed E-state index contributed by atoms with van der Waals surface area (Å²) in [5.41, 5.74) is -2.65. The minimum Gasteiger partial charge on any atom is -0.496 e. The number of hydrogen-bond donors (Lipinski definition) is 2. The van der Waals surface area contributed by atoms with Gasteiger partial charge in [-0.25, -0.2) is 14.0 Å². The second kappa shape index (κ2) is 10.5. The lowest BCUT2D eigenvalue weighted by molar-refractivity contribution is -0.138. The van der Waals surface area contributed by atoms with Crippen molar-refractivity contribution < 1.29 is 46.5 Å². The first-order chi connectivity index (χ1) is 17.1. The Balaban J connectivity index is 2.07. The van der Waals surface area contributed by atoms with Crippen molar-refractivity contribution in [2.45, 2.75) is 50.0 Å². The summed E-state index contributed by atoms with van der Waals surface area (Å²) in [4.78, 5) is 38.6. The lowest BCUT2D eigenvalue weighted by atomic mass is 10.1. The number of carbonyl (C=O) groups is 3. The predicted molar refractivity (Wildman–Crippen MR) is 126 cm³/mol. The van der Waals surface area contributed by atoms with E-state index in [1.807, 2.05) is 0 Å². The zero-order chi connectivity index (χ0) is 27.7. The molecule has 0 aromatic heterocycles. The van der Waals surface area contributed by atoms with Gasteiger partial charge in [0.15, 0.2) is 0 Å². The highest BCUT2D eigenvalue weighted by atomic mass is 32.2. The van der Waals surface area contributed by atoms with Crippen molar-refractivity contribution in [1.82, 2.24) is 5.32 Å². The van der Waals surface area contributed by atoms with Gasteiger partial charge >= 0.3 is 18.2 Å². The molecule has 8 nitrogen and oxygen atoms in total. The third kappa shape index (κ3) is 6.64. The van der Waals surface area contributed by atoms with E-state index in [2.05, 4.69) is 5.32 Å². The zero-order valence-electron chi connectivity index (χ0n) is 20.2. The van der Waals surface area contributed by atoms with Crippen LogP contribution in [0.2, 0.25) is 0 Å². The highest BCUT2D eigenvalue weighted by Crippen LogP contribution is 2.40.